The second kappa shape index (κ2) is 6.84. The average Bonchev–Trinajstić information content (AvgIpc) is 3.25. The molecule has 0 aliphatic carbocycles. The molecule has 2 aliphatic heterocycles. The minimum absolute atomic E-state index is 0.0480. The molecule has 0 unspecified atom stereocenters. The number of carbonyl (C=O) groups excluding carboxylic acids is 1. The number of benzene rings is 1. The smallest absolute Gasteiger partial charge is 0.317 e. The SMILES string of the molecule is O=C1NCCN1[C@H]1CCCN(Cc2coc(-c3ccc(F)cc3)n2)C1. The van der Waals surface area contributed by atoms with E-state index < -0.39 is 0 Å². The van der Waals surface area contributed by atoms with E-state index in [0.29, 0.717) is 12.4 Å². The van der Waals surface area contributed by atoms with Crippen molar-refractivity contribution < 1.29 is 13.6 Å². The van der Waals surface area contributed by atoms with E-state index in [1.807, 2.05) is 4.90 Å². The van der Waals surface area contributed by atoms with Crippen LogP contribution in [0.15, 0.2) is 34.9 Å². The molecule has 1 aromatic heterocycles. The van der Waals surface area contributed by atoms with Gasteiger partial charge >= 0.3 is 6.03 Å². The Bertz CT molecular complexity index is 746. The molecule has 2 aliphatic rings. The molecule has 0 saturated carbocycles. The Kier molecular flexibility index (Phi) is 4.40. The van der Waals surface area contributed by atoms with Gasteiger partial charge in [-0.25, -0.2) is 14.2 Å². The standard InChI is InChI=1S/C18H21FN4O2/c19-14-5-3-13(4-6-14)17-21-15(12-25-17)10-22-8-1-2-16(11-22)23-9-7-20-18(23)24/h3-6,12,16H,1-2,7-11H2,(H,20,24)/t16-/m0/s1. The van der Waals surface area contributed by atoms with E-state index in [9.17, 15) is 9.18 Å². The van der Waals surface area contributed by atoms with Gasteiger partial charge in [-0.3, -0.25) is 4.90 Å². The number of nitrogens with one attached hydrogen (secondary N) is 1. The second-order valence-corrected chi connectivity index (χ2v) is 6.61. The van der Waals surface area contributed by atoms with Crippen molar-refractivity contribution in [1.82, 2.24) is 20.1 Å². The summed E-state index contributed by atoms with van der Waals surface area (Å²) in [6.07, 6.45) is 3.77. The molecule has 4 rings (SSSR count). The second-order valence-electron chi connectivity index (χ2n) is 6.61. The van der Waals surface area contributed by atoms with Crippen molar-refractivity contribution in [2.75, 3.05) is 26.2 Å². The van der Waals surface area contributed by atoms with E-state index in [-0.39, 0.29) is 17.9 Å². The van der Waals surface area contributed by atoms with Crippen LogP contribution in [0.25, 0.3) is 11.5 Å². The number of aromatic nitrogens is 1. The van der Waals surface area contributed by atoms with Gasteiger partial charge in [0, 0.05) is 37.8 Å². The third-order valence-electron chi connectivity index (χ3n) is 4.84. The molecule has 7 heteroatoms. The van der Waals surface area contributed by atoms with Gasteiger partial charge in [-0.15, -0.1) is 0 Å². The Balaban J connectivity index is 1.40. The maximum atomic E-state index is 13.0. The summed E-state index contributed by atoms with van der Waals surface area (Å²) in [4.78, 5) is 20.6. The van der Waals surface area contributed by atoms with E-state index in [0.717, 1.165) is 50.3 Å². The number of rotatable bonds is 4. The number of carbonyl (C=O) groups is 1. The summed E-state index contributed by atoms with van der Waals surface area (Å²) in [5.74, 6) is 0.225. The predicted octanol–water partition coefficient (Wildman–Crippen LogP) is 2.47. The zero-order chi connectivity index (χ0) is 17.2. The molecule has 1 aromatic carbocycles. The number of oxazole rings is 1. The maximum absolute atomic E-state index is 13.0. The normalized spacial score (nSPS) is 21.6. The summed E-state index contributed by atoms with van der Waals surface area (Å²) in [6, 6.07) is 6.43. The molecule has 0 radical (unpaired) electrons. The van der Waals surface area contributed by atoms with Crippen molar-refractivity contribution in [3.8, 4) is 11.5 Å². The quantitative estimate of drug-likeness (QED) is 0.926. The van der Waals surface area contributed by atoms with Crippen molar-refractivity contribution >= 4 is 6.03 Å². The zero-order valence-corrected chi connectivity index (χ0v) is 13.9. The molecule has 0 spiro atoms. The fraction of sp³-hybridized carbons (Fsp3) is 0.444. The summed E-state index contributed by atoms with van der Waals surface area (Å²) in [5.41, 5.74) is 1.61. The highest BCUT2D eigenvalue weighted by molar-refractivity contribution is 5.76. The van der Waals surface area contributed by atoms with Crippen molar-refractivity contribution in [2.45, 2.75) is 25.4 Å². The Morgan fingerprint density at radius 1 is 1.28 bits per heavy atom. The molecule has 6 nitrogen and oxygen atoms in total. The molecule has 1 atom stereocenters. The number of nitrogens with zero attached hydrogens (tertiary/aromatic N) is 3. The van der Waals surface area contributed by atoms with E-state index in [1.165, 1.54) is 12.1 Å². The third kappa shape index (κ3) is 3.51. The molecular formula is C18H21FN4O2. The molecule has 2 aromatic rings. The molecule has 3 heterocycles. The molecule has 2 saturated heterocycles. The molecule has 132 valence electrons. The Hall–Kier alpha value is -2.41. The van der Waals surface area contributed by atoms with Gasteiger partial charge in [0.05, 0.1) is 5.69 Å². The van der Waals surface area contributed by atoms with Crippen LogP contribution in [0, 0.1) is 5.82 Å². The van der Waals surface area contributed by atoms with Crippen LogP contribution in [0.5, 0.6) is 0 Å². The molecule has 1 N–H and O–H groups in total. The summed E-state index contributed by atoms with van der Waals surface area (Å²) in [6.45, 7) is 4.06. The number of likely N-dealkylation sites (tertiary alicyclic amines) is 1. The fourth-order valence-electron chi connectivity index (χ4n) is 3.60. The van der Waals surface area contributed by atoms with E-state index in [1.54, 1.807) is 18.4 Å². The highest BCUT2D eigenvalue weighted by Crippen LogP contribution is 2.22. The zero-order valence-electron chi connectivity index (χ0n) is 13.9. The minimum Gasteiger partial charge on any atom is -0.444 e. The van der Waals surface area contributed by atoms with Crippen LogP contribution in [-0.4, -0.2) is 53.0 Å². The van der Waals surface area contributed by atoms with E-state index >= 15 is 0 Å². The fourth-order valence-corrected chi connectivity index (χ4v) is 3.60. The van der Waals surface area contributed by atoms with Crippen molar-refractivity contribution in [2.24, 2.45) is 0 Å². The topological polar surface area (TPSA) is 61.6 Å². The lowest BCUT2D eigenvalue weighted by atomic mass is 10.0. The molecule has 2 fully saturated rings. The first-order valence-corrected chi connectivity index (χ1v) is 8.66. The van der Waals surface area contributed by atoms with Crippen LogP contribution >= 0.6 is 0 Å². The van der Waals surface area contributed by atoms with E-state index in [4.69, 9.17) is 4.42 Å². The predicted molar refractivity (Wildman–Crippen MR) is 90.3 cm³/mol. The minimum atomic E-state index is -0.277. The Morgan fingerprint density at radius 3 is 2.88 bits per heavy atom. The van der Waals surface area contributed by atoms with Gasteiger partial charge in [0.15, 0.2) is 0 Å². The van der Waals surface area contributed by atoms with Gasteiger partial charge in [0.2, 0.25) is 5.89 Å². The lowest BCUT2D eigenvalue weighted by Gasteiger charge is -2.36. The lowest BCUT2D eigenvalue weighted by molar-refractivity contribution is 0.121. The van der Waals surface area contributed by atoms with Crippen LogP contribution in [0.2, 0.25) is 0 Å². The van der Waals surface area contributed by atoms with Crippen molar-refractivity contribution in [3.63, 3.8) is 0 Å². The van der Waals surface area contributed by atoms with Gasteiger partial charge in [0.25, 0.3) is 0 Å². The number of halogens is 1. The van der Waals surface area contributed by atoms with Crippen LogP contribution in [-0.2, 0) is 6.54 Å². The lowest BCUT2D eigenvalue weighted by Crippen LogP contribution is -2.48. The first kappa shape index (κ1) is 16.1. The van der Waals surface area contributed by atoms with Crippen molar-refractivity contribution in [1.29, 1.82) is 0 Å². The first-order chi connectivity index (χ1) is 12.2. The highest BCUT2D eigenvalue weighted by atomic mass is 19.1. The summed E-state index contributed by atoms with van der Waals surface area (Å²) >= 11 is 0. The molecule has 25 heavy (non-hydrogen) atoms. The first-order valence-electron chi connectivity index (χ1n) is 8.66. The summed E-state index contributed by atoms with van der Waals surface area (Å²) < 4.78 is 18.6. The van der Waals surface area contributed by atoms with Crippen LogP contribution in [0.1, 0.15) is 18.5 Å². The molecule has 2 amide bonds. The van der Waals surface area contributed by atoms with Gasteiger partial charge in [0.1, 0.15) is 12.1 Å². The number of hydrogen-bond donors (Lipinski definition) is 1. The van der Waals surface area contributed by atoms with Gasteiger partial charge in [-0.2, -0.15) is 0 Å². The van der Waals surface area contributed by atoms with Crippen molar-refractivity contribution in [3.05, 3.63) is 42.0 Å². The van der Waals surface area contributed by atoms with Gasteiger partial charge in [-0.1, -0.05) is 0 Å². The van der Waals surface area contributed by atoms with Crippen LogP contribution in [0.4, 0.5) is 9.18 Å². The van der Waals surface area contributed by atoms with Gasteiger partial charge in [-0.05, 0) is 43.7 Å². The van der Waals surface area contributed by atoms with Crippen LogP contribution in [0.3, 0.4) is 0 Å². The number of amides is 2. The number of hydrogen-bond acceptors (Lipinski definition) is 4. The monoisotopic (exact) mass is 344 g/mol. The molecular weight excluding hydrogens is 323 g/mol. The summed E-state index contributed by atoms with van der Waals surface area (Å²) in [5, 5.41) is 2.87. The average molecular weight is 344 g/mol. The maximum Gasteiger partial charge on any atom is 0.317 e. The number of urea groups is 1. The largest absolute Gasteiger partial charge is 0.444 e. The van der Waals surface area contributed by atoms with Gasteiger partial charge < -0.3 is 14.6 Å². The summed E-state index contributed by atoms with van der Waals surface area (Å²) in [7, 11) is 0. The Morgan fingerprint density at radius 2 is 2.12 bits per heavy atom. The van der Waals surface area contributed by atoms with E-state index in [2.05, 4.69) is 15.2 Å². The Labute approximate surface area is 145 Å². The molecule has 0 bridgehead atoms. The van der Waals surface area contributed by atoms with Crippen LogP contribution < -0.4 is 5.32 Å². The number of piperidine rings is 1. The third-order valence-corrected chi connectivity index (χ3v) is 4.84. The highest BCUT2D eigenvalue weighted by Gasteiger charge is 2.31.